The summed E-state index contributed by atoms with van der Waals surface area (Å²) >= 11 is -3.06. The number of rotatable bonds is 0. The summed E-state index contributed by atoms with van der Waals surface area (Å²) in [6, 6.07) is 7.00. The zero-order chi connectivity index (χ0) is 14.7. The average molecular weight is 525 g/mol. The molecule has 0 amide bonds. The summed E-state index contributed by atoms with van der Waals surface area (Å²) in [6.07, 6.45) is 6.65. The number of nitrogens with zero attached hydrogens (tertiary/aromatic N) is 2. The summed E-state index contributed by atoms with van der Waals surface area (Å²) in [5.41, 5.74) is 12.2. The van der Waals surface area contributed by atoms with Crippen LogP contribution in [0.15, 0.2) is 49.1 Å². The van der Waals surface area contributed by atoms with Crippen molar-refractivity contribution in [1.29, 1.82) is 0 Å². The number of nitrogen functional groups attached to an aromatic ring is 2. The van der Waals surface area contributed by atoms with Gasteiger partial charge in [0.2, 0.25) is 0 Å². The zero-order valence-corrected chi connectivity index (χ0v) is 14.8. The molecule has 0 aliphatic carbocycles. The molecule has 0 saturated heterocycles. The van der Waals surface area contributed by atoms with Crippen molar-refractivity contribution < 1.29 is 11.9 Å². The third kappa shape index (κ3) is 17.7. The van der Waals surface area contributed by atoms with Crippen LogP contribution in [0.25, 0.3) is 0 Å². The van der Waals surface area contributed by atoms with Crippen LogP contribution >= 0.6 is 37.7 Å². The van der Waals surface area contributed by atoms with Crippen LogP contribution < -0.4 is 11.5 Å². The fourth-order valence-corrected chi connectivity index (χ4v) is 0.727. The third-order valence-electron chi connectivity index (χ3n) is 1.41. The van der Waals surface area contributed by atoms with Crippen molar-refractivity contribution in [2.24, 2.45) is 0 Å². The molecule has 2 aromatic heterocycles. The van der Waals surface area contributed by atoms with Crippen molar-refractivity contribution in [2.75, 3.05) is 11.5 Å². The van der Waals surface area contributed by atoms with E-state index in [2.05, 4.69) is 9.97 Å². The van der Waals surface area contributed by atoms with E-state index in [1.165, 1.54) is 0 Å². The molecule has 0 bridgehead atoms. The number of hydrogen-bond donors (Lipinski definition) is 2. The van der Waals surface area contributed by atoms with E-state index in [-0.39, 0.29) is 0 Å². The van der Waals surface area contributed by atoms with Crippen LogP contribution in [-0.4, -0.2) is 9.97 Å². The Bertz CT molecular complexity index is 395. The fourth-order valence-electron chi connectivity index (χ4n) is 0.727. The molecule has 19 heavy (non-hydrogen) atoms. The summed E-state index contributed by atoms with van der Waals surface area (Å²) in [4.78, 5) is 7.53. The molecule has 0 atom stereocenters. The Morgan fingerprint density at radius 2 is 0.895 bits per heavy atom. The normalized spacial score (nSPS) is 10.3. The summed E-state index contributed by atoms with van der Waals surface area (Å²) in [5.74, 6) is 0. The molecule has 4 N–H and O–H groups in total. The van der Waals surface area contributed by atoms with Gasteiger partial charge < -0.3 is 11.5 Å². The molecule has 9 heteroatoms. The molecule has 0 fully saturated rings. The van der Waals surface area contributed by atoms with Gasteiger partial charge in [0.25, 0.3) is 0 Å². The van der Waals surface area contributed by atoms with Gasteiger partial charge >= 0.3 is 49.6 Å². The topological polar surface area (TPSA) is 77.8 Å². The number of aromatic nitrogens is 2. The van der Waals surface area contributed by atoms with E-state index in [0.29, 0.717) is 0 Å². The minimum absolute atomic E-state index is 0.759. The number of halogens is 4. The van der Waals surface area contributed by atoms with Gasteiger partial charge in [0.05, 0.1) is 0 Å². The standard InChI is InChI=1S/2C5H6N2.4ClH.Pt/c2*6-5-1-3-7-4-2-5;;;;;/h2*1-4H,(H2,6,7);4*1H;/q;;;;;;+4/p-4. The van der Waals surface area contributed by atoms with Crippen LogP contribution in [0.4, 0.5) is 11.4 Å². The second-order valence-electron chi connectivity index (χ2n) is 2.83. The van der Waals surface area contributed by atoms with E-state index in [1.54, 1.807) is 49.1 Å². The maximum absolute atomic E-state index is 5.32. The van der Waals surface area contributed by atoms with Gasteiger partial charge in [-0.15, -0.1) is 0 Å². The van der Waals surface area contributed by atoms with Gasteiger partial charge in [-0.1, -0.05) is 0 Å². The fraction of sp³-hybridized carbons (Fsp3) is 0. The van der Waals surface area contributed by atoms with Crippen LogP contribution in [0.3, 0.4) is 0 Å². The van der Waals surface area contributed by atoms with Gasteiger partial charge in [-0.05, 0) is 24.3 Å². The second kappa shape index (κ2) is 10.5. The van der Waals surface area contributed by atoms with Crippen LogP contribution in [0.2, 0.25) is 0 Å². The molecular formula is C10H12Cl4N4Pt. The van der Waals surface area contributed by atoms with Gasteiger partial charge in [-0.3, -0.25) is 9.97 Å². The molecular weight excluding hydrogens is 513 g/mol. The van der Waals surface area contributed by atoms with Crippen molar-refractivity contribution in [1.82, 2.24) is 9.97 Å². The van der Waals surface area contributed by atoms with Crippen molar-refractivity contribution in [3.63, 3.8) is 0 Å². The van der Waals surface area contributed by atoms with Gasteiger partial charge in [-0.2, -0.15) is 0 Å². The zero-order valence-electron chi connectivity index (χ0n) is 9.50. The maximum atomic E-state index is 5.32. The molecule has 0 aliphatic rings. The second-order valence-corrected chi connectivity index (χ2v) is 22.5. The average Bonchev–Trinajstić information content (AvgIpc) is 2.29. The molecule has 4 nitrogen and oxygen atoms in total. The summed E-state index contributed by atoms with van der Waals surface area (Å²) in [7, 11) is 20.0. The molecule has 2 aromatic rings. The van der Waals surface area contributed by atoms with E-state index in [4.69, 9.17) is 49.1 Å². The Morgan fingerprint density at radius 1 is 0.684 bits per heavy atom. The van der Waals surface area contributed by atoms with E-state index in [9.17, 15) is 0 Å². The molecule has 0 aliphatic heterocycles. The first-order valence-electron chi connectivity index (χ1n) is 4.58. The van der Waals surface area contributed by atoms with Crippen molar-refractivity contribution in [2.45, 2.75) is 0 Å². The van der Waals surface area contributed by atoms with E-state index in [1.807, 2.05) is 0 Å². The van der Waals surface area contributed by atoms with Gasteiger partial charge in [0.15, 0.2) is 0 Å². The molecule has 0 unspecified atom stereocenters. The van der Waals surface area contributed by atoms with Crippen LogP contribution in [0, 0.1) is 0 Å². The van der Waals surface area contributed by atoms with E-state index >= 15 is 0 Å². The molecule has 2 heterocycles. The Hall–Kier alpha value is -0.252. The molecule has 0 radical (unpaired) electrons. The Labute approximate surface area is 130 Å². The van der Waals surface area contributed by atoms with Crippen LogP contribution in [-0.2, 0) is 11.9 Å². The SMILES string of the molecule is Nc1ccncc1.Nc1ccncc1.[Cl][Pt]([Cl])([Cl])[Cl]. The monoisotopic (exact) mass is 523 g/mol. The van der Waals surface area contributed by atoms with E-state index in [0.717, 1.165) is 11.4 Å². The Morgan fingerprint density at radius 3 is 1.00 bits per heavy atom. The van der Waals surface area contributed by atoms with Gasteiger partial charge in [0, 0.05) is 36.2 Å². The Balaban J connectivity index is 0.000000261. The Kier molecular flexibility index (Phi) is 10.4. The summed E-state index contributed by atoms with van der Waals surface area (Å²) in [6.45, 7) is 0. The van der Waals surface area contributed by atoms with Crippen molar-refractivity contribution in [3.05, 3.63) is 49.1 Å². The quantitative estimate of drug-likeness (QED) is 0.544. The number of hydrogen-bond acceptors (Lipinski definition) is 4. The molecule has 0 saturated carbocycles. The van der Waals surface area contributed by atoms with Crippen molar-refractivity contribution >= 4 is 49.0 Å². The van der Waals surface area contributed by atoms with Gasteiger partial charge in [0.1, 0.15) is 0 Å². The molecule has 2 rings (SSSR count). The summed E-state index contributed by atoms with van der Waals surface area (Å²) in [5, 5.41) is 0. The number of nitrogens with two attached hydrogens (primary N) is 2. The predicted octanol–water partition coefficient (Wildman–Crippen LogP) is 4.08. The predicted molar refractivity (Wildman–Crippen MR) is 80.7 cm³/mol. The molecule has 110 valence electrons. The number of pyridine rings is 2. The first-order valence-corrected chi connectivity index (χ1v) is 15.8. The molecule has 0 aromatic carbocycles. The first kappa shape index (κ1) is 18.7. The van der Waals surface area contributed by atoms with E-state index < -0.39 is 11.9 Å². The summed E-state index contributed by atoms with van der Waals surface area (Å²) < 4.78 is 0. The minimum atomic E-state index is -3.06. The molecule has 0 spiro atoms. The van der Waals surface area contributed by atoms with Gasteiger partial charge in [-0.25, -0.2) is 0 Å². The third-order valence-corrected chi connectivity index (χ3v) is 1.41. The van der Waals surface area contributed by atoms with Crippen LogP contribution in [0.1, 0.15) is 0 Å². The number of anilines is 2. The van der Waals surface area contributed by atoms with Crippen LogP contribution in [0.5, 0.6) is 0 Å². The first-order chi connectivity index (χ1) is 8.79. The van der Waals surface area contributed by atoms with Crippen molar-refractivity contribution in [3.8, 4) is 0 Å².